The van der Waals surface area contributed by atoms with E-state index in [-0.39, 0.29) is 5.56 Å². The molecule has 0 aromatic heterocycles. The van der Waals surface area contributed by atoms with Crippen molar-refractivity contribution in [3.63, 3.8) is 0 Å². The predicted molar refractivity (Wildman–Crippen MR) is 75.4 cm³/mol. The Bertz CT molecular complexity index is 452. The second-order valence-corrected chi connectivity index (χ2v) is 5.96. The van der Waals surface area contributed by atoms with Crippen molar-refractivity contribution in [2.45, 2.75) is 45.3 Å². The molecule has 1 aliphatic rings. The molecule has 3 atom stereocenters. The van der Waals surface area contributed by atoms with Crippen molar-refractivity contribution in [2.75, 3.05) is 13.1 Å². The van der Waals surface area contributed by atoms with Crippen LogP contribution < -0.4 is 0 Å². The van der Waals surface area contributed by atoms with E-state index in [4.69, 9.17) is 0 Å². The third-order valence-electron chi connectivity index (χ3n) is 4.31. The molecular weight excluding hydrogens is 260 g/mol. The minimum atomic E-state index is -0.947. The Morgan fingerprint density at radius 2 is 2.10 bits per heavy atom. The quantitative estimate of drug-likeness (QED) is 0.914. The third kappa shape index (κ3) is 3.55. The summed E-state index contributed by atoms with van der Waals surface area (Å²) in [5.41, 5.74) is 0.0584. The average Bonchev–Trinajstić information content (AvgIpc) is 2.40. The Morgan fingerprint density at radius 3 is 2.80 bits per heavy atom. The highest BCUT2D eigenvalue weighted by molar-refractivity contribution is 5.21. The van der Waals surface area contributed by atoms with Crippen LogP contribution in [0.2, 0.25) is 0 Å². The summed E-state index contributed by atoms with van der Waals surface area (Å²) in [5, 5.41) is 10.1. The highest BCUT2D eigenvalue weighted by Gasteiger charge is 2.24. The molecule has 4 heteroatoms. The van der Waals surface area contributed by atoms with Gasteiger partial charge in [-0.1, -0.05) is 19.1 Å². The summed E-state index contributed by atoms with van der Waals surface area (Å²) in [5.74, 6) is -1.09. The average molecular weight is 283 g/mol. The molecule has 0 saturated carbocycles. The zero-order valence-electron chi connectivity index (χ0n) is 12.1. The summed E-state index contributed by atoms with van der Waals surface area (Å²) >= 11 is 0. The van der Waals surface area contributed by atoms with Crippen molar-refractivity contribution >= 4 is 0 Å². The van der Waals surface area contributed by atoms with Gasteiger partial charge in [-0.2, -0.15) is 0 Å². The summed E-state index contributed by atoms with van der Waals surface area (Å²) in [6, 6.07) is 4.44. The van der Waals surface area contributed by atoms with Gasteiger partial charge in [0.2, 0.25) is 0 Å². The zero-order valence-corrected chi connectivity index (χ0v) is 12.1. The fourth-order valence-electron chi connectivity index (χ4n) is 3.01. The van der Waals surface area contributed by atoms with Gasteiger partial charge in [0.1, 0.15) is 0 Å². The number of halogens is 2. The van der Waals surface area contributed by atoms with Crippen LogP contribution >= 0.6 is 0 Å². The van der Waals surface area contributed by atoms with Gasteiger partial charge in [-0.15, -0.1) is 0 Å². The fourth-order valence-corrected chi connectivity index (χ4v) is 3.01. The lowest BCUT2D eigenvalue weighted by molar-refractivity contribution is 0.0925. The maximum Gasteiger partial charge on any atom is 0.164 e. The molecule has 1 aromatic rings. The summed E-state index contributed by atoms with van der Waals surface area (Å²) in [6.07, 6.45) is 1.80. The van der Waals surface area contributed by atoms with E-state index in [1.165, 1.54) is 12.1 Å². The summed E-state index contributed by atoms with van der Waals surface area (Å²) in [4.78, 5) is 2.32. The van der Waals surface area contributed by atoms with E-state index >= 15 is 0 Å². The molecule has 1 aromatic carbocycles. The van der Waals surface area contributed by atoms with Crippen molar-refractivity contribution in [3.8, 4) is 0 Å². The van der Waals surface area contributed by atoms with Gasteiger partial charge < -0.3 is 10.0 Å². The van der Waals surface area contributed by atoms with Crippen LogP contribution in [0.5, 0.6) is 0 Å². The zero-order chi connectivity index (χ0) is 14.7. The topological polar surface area (TPSA) is 23.5 Å². The first-order chi connectivity index (χ1) is 9.49. The molecule has 20 heavy (non-hydrogen) atoms. The Kier molecular flexibility index (Phi) is 5.11. The molecule has 1 saturated heterocycles. The lowest BCUT2D eigenvalue weighted by Crippen LogP contribution is -2.41. The van der Waals surface area contributed by atoms with Gasteiger partial charge in [-0.25, -0.2) is 8.78 Å². The highest BCUT2D eigenvalue weighted by atomic mass is 19.2. The molecule has 0 radical (unpaired) electrons. The van der Waals surface area contributed by atoms with Crippen LogP contribution in [-0.4, -0.2) is 29.1 Å². The smallest absolute Gasteiger partial charge is 0.164 e. The second kappa shape index (κ2) is 6.64. The van der Waals surface area contributed by atoms with E-state index in [1.807, 2.05) is 0 Å². The van der Waals surface area contributed by atoms with Crippen molar-refractivity contribution in [2.24, 2.45) is 5.92 Å². The maximum absolute atomic E-state index is 13.6. The Hall–Kier alpha value is -1.00. The van der Waals surface area contributed by atoms with E-state index in [2.05, 4.69) is 18.7 Å². The maximum atomic E-state index is 13.6. The molecule has 0 spiro atoms. The first-order valence-corrected chi connectivity index (χ1v) is 7.35. The Labute approximate surface area is 119 Å². The van der Waals surface area contributed by atoms with Gasteiger partial charge in [0.15, 0.2) is 11.6 Å². The number of benzene rings is 1. The molecule has 1 N–H and O–H groups in total. The van der Waals surface area contributed by atoms with E-state index in [1.54, 1.807) is 0 Å². The number of hydrogen-bond donors (Lipinski definition) is 1. The van der Waals surface area contributed by atoms with Crippen LogP contribution in [0.25, 0.3) is 0 Å². The number of aliphatic hydroxyl groups excluding tert-OH is 1. The minimum absolute atomic E-state index is 0.0584. The van der Waals surface area contributed by atoms with E-state index in [0.29, 0.717) is 19.0 Å². The molecule has 1 heterocycles. The normalized spacial score (nSPS) is 25.6. The van der Waals surface area contributed by atoms with Crippen LogP contribution in [0.3, 0.4) is 0 Å². The van der Waals surface area contributed by atoms with Crippen LogP contribution in [0.1, 0.15) is 44.8 Å². The van der Waals surface area contributed by atoms with Crippen LogP contribution in [0.4, 0.5) is 8.78 Å². The number of aliphatic hydroxyl groups is 1. The first-order valence-electron chi connectivity index (χ1n) is 7.35. The number of piperidine rings is 1. The van der Waals surface area contributed by atoms with E-state index in [0.717, 1.165) is 31.4 Å². The fraction of sp³-hybridized carbons (Fsp3) is 0.625. The summed E-state index contributed by atoms with van der Waals surface area (Å²) in [6.45, 7) is 6.17. The van der Waals surface area contributed by atoms with Crippen molar-refractivity contribution in [1.82, 2.24) is 4.90 Å². The van der Waals surface area contributed by atoms with Gasteiger partial charge in [0.25, 0.3) is 0 Å². The summed E-state index contributed by atoms with van der Waals surface area (Å²) in [7, 11) is 0. The first kappa shape index (κ1) is 15.4. The molecule has 0 amide bonds. The van der Waals surface area contributed by atoms with Crippen molar-refractivity contribution < 1.29 is 13.9 Å². The van der Waals surface area contributed by atoms with Gasteiger partial charge in [-0.05, 0) is 44.7 Å². The molecule has 1 aliphatic heterocycles. The largest absolute Gasteiger partial charge is 0.388 e. The molecule has 112 valence electrons. The van der Waals surface area contributed by atoms with Crippen molar-refractivity contribution in [1.29, 1.82) is 0 Å². The molecule has 0 bridgehead atoms. The number of hydrogen-bond acceptors (Lipinski definition) is 2. The van der Waals surface area contributed by atoms with Gasteiger partial charge >= 0.3 is 0 Å². The standard InChI is InChI=1S/C16H23F2NO/c1-11-6-8-19(12(2)10-11)9-7-15(20)13-4-3-5-14(17)16(13)18/h3-5,11-12,15,20H,6-10H2,1-2H3. The molecular formula is C16H23F2NO. The SMILES string of the molecule is CC1CCN(CCC(O)c2cccc(F)c2F)C(C)C1. The lowest BCUT2D eigenvalue weighted by atomic mass is 9.93. The van der Waals surface area contributed by atoms with Crippen LogP contribution in [0.15, 0.2) is 18.2 Å². The van der Waals surface area contributed by atoms with E-state index < -0.39 is 17.7 Å². The predicted octanol–water partition coefficient (Wildman–Crippen LogP) is 3.51. The lowest BCUT2D eigenvalue weighted by Gasteiger charge is -2.36. The monoisotopic (exact) mass is 283 g/mol. The Morgan fingerprint density at radius 1 is 1.35 bits per heavy atom. The van der Waals surface area contributed by atoms with E-state index in [9.17, 15) is 13.9 Å². The second-order valence-electron chi connectivity index (χ2n) is 5.96. The third-order valence-corrected chi connectivity index (χ3v) is 4.31. The molecule has 3 unspecified atom stereocenters. The van der Waals surface area contributed by atoms with Crippen molar-refractivity contribution in [3.05, 3.63) is 35.4 Å². The molecule has 1 fully saturated rings. The number of nitrogens with zero attached hydrogens (tertiary/aromatic N) is 1. The van der Waals surface area contributed by atoms with Gasteiger partial charge in [0, 0.05) is 18.2 Å². The highest BCUT2D eigenvalue weighted by Crippen LogP contribution is 2.25. The van der Waals surface area contributed by atoms with Crippen LogP contribution in [-0.2, 0) is 0 Å². The van der Waals surface area contributed by atoms with Crippen LogP contribution in [0, 0.1) is 17.6 Å². The number of rotatable bonds is 4. The number of likely N-dealkylation sites (tertiary alicyclic amines) is 1. The van der Waals surface area contributed by atoms with Gasteiger partial charge in [-0.3, -0.25) is 0 Å². The molecule has 2 rings (SSSR count). The Balaban J connectivity index is 1.92. The van der Waals surface area contributed by atoms with Gasteiger partial charge in [0.05, 0.1) is 6.10 Å². The molecule has 2 nitrogen and oxygen atoms in total. The molecule has 0 aliphatic carbocycles. The minimum Gasteiger partial charge on any atom is -0.388 e. The summed E-state index contributed by atoms with van der Waals surface area (Å²) < 4.78 is 26.7.